The molecule has 1 atom stereocenters. The van der Waals surface area contributed by atoms with Crippen LogP contribution in [-0.2, 0) is 4.79 Å². The zero-order valence-corrected chi connectivity index (χ0v) is 12.4. The Bertz CT molecular complexity index is 402. The number of nitrogen functional groups attached to an aromatic ring is 1. The molecule has 0 bridgehead atoms. The number of thioether (sulfide) groups is 1. The van der Waals surface area contributed by atoms with E-state index in [4.69, 9.17) is 10.5 Å². The lowest BCUT2D eigenvalue weighted by Gasteiger charge is -2.12. The van der Waals surface area contributed by atoms with Crippen LogP contribution in [-0.4, -0.2) is 25.0 Å². The monoisotopic (exact) mass is 290 g/mol. The zero-order valence-electron chi connectivity index (χ0n) is 10.7. The lowest BCUT2D eigenvalue weighted by Crippen LogP contribution is -2.22. The molecule has 102 valence electrons. The fourth-order valence-corrected chi connectivity index (χ4v) is 2.05. The van der Waals surface area contributed by atoms with Crippen LogP contribution in [0, 0.1) is 5.92 Å². The van der Waals surface area contributed by atoms with Crippen molar-refractivity contribution in [2.24, 2.45) is 5.92 Å². The first-order valence-corrected chi connectivity index (χ1v) is 6.71. The first kappa shape index (κ1) is 16.9. The van der Waals surface area contributed by atoms with E-state index in [9.17, 15) is 4.79 Å². The molecule has 1 aromatic carbocycles. The number of benzene rings is 1. The van der Waals surface area contributed by atoms with Gasteiger partial charge in [0.05, 0.1) is 12.8 Å². The second-order valence-electron chi connectivity index (χ2n) is 3.80. The van der Waals surface area contributed by atoms with Crippen LogP contribution in [0.15, 0.2) is 18.2 Å². The molecule has 0 aromatic heterocycles. The van der Waals surface area contributed by atoms with Gasteiger partial charge in [0.25, 0.3) is 0 Å². The molecule has 6 heteroatoms. The van der Waals surface area contributed by atoms with Crippen LogP contribution < -0.4 is 15.8 Å². The highest BCUT2D eigenvalue weighted by molar-refractivity contribution is 7.98. The largest absolute Gasteiger partial charge is 0.495 e. The van der Waals surface area contributed by atoms with Gasteiger partial charge in [0.2, 0.25) is 5.91 Å². The molecule has 0 aliphatic rings. The Morgan fingerprint density at radius 1 is 1.56 bits per heavy atom. The number of hydrogen-bond acceptors (Lipinski definition) is 4. The molecule has 0 aliphatic heterocycles. The van der Waals surface area contributed by atoms with Crippen molar-refractivity contribution in [3.05, 3.63) is 18.2 Å². The Hall–Kier alpha value is -1.07. The van der Waals surface area contributed by atoms with Crippen LogP contribution in [0.1, 0.15) is 6.92 Å². The minimum Gasteiger partial charge on any atom is -0.495 e. The Labute approximate surface area is 118 Å². The van der Waals surface area contributed by atoms with Crippen molar-refractivity contribution >= 4 is 41.5 Å². The molecule has 0 saturated carbocycles. The number of halogens is 1. The van der Waals surface area contributed by atoms with Gasteiger partial charge in [-0.1, -0.05) is 6.92 Å². The summed E-state index contributed by atoms with van der Waals surface area (Å²) in [6.07, 6.45) is 1.98. The van der Waals surface area contributed by atoms with Crippen molar-refractivity contribution in [3.63, 3.8) is 0 Å². The lowest BCUT2D eigenvalue weighted by atomic mass is 10.2. The second-order valence-corrected chi connectivity index (χ2v) is 4.71. The van der Waals surface area contributed by atoms with Gasteiger partial charge in [0.15, 0.2) is 0 Å². The Morgan fingerprint density at radius 2 is 2.22 bits per heavy atom. The number of rotatable bonds is 5. The van der Waals surface area contributed by atoms with Crippen molar-refractivity contribution in [3.8, 4) is 5.75 Å². The summed E-state index contributed by atoms with van der Waals surface area (Å²) < 4.78 is 5.05. The highest BCUT2D eigenvalue weighted by Crippen LogP contribution is 2.24. The molecule has 1 amide bonds. The fraction of sp³-hybridized carbons (Fsp3) is 0.417. The molecule has 1 unspecified atom stereocenters. The maximum atomic E-state index is 11.8. The summed E-state index contributed by atoms with van der Waals surface area (Å²) in [6, 6.07) is 5.21. The topological polar surface area (TPSA) is 64.3 Å². The quantitative estimate of drug-likeness (QED) is 0.818. The van der Waals surface area contributed by atoms with Crippen LogP contribution in [0.4, 0.5) is 11.4 Å². The van der Waals surface area contributed by atoms with E-state index in [1.165, 1.54) is 0 Å². The number of nitrogens with one attached hydrogen (secondary N) is 1. The zero-order chi connectivity index (χ0) is 12.8. The molecule has 0 spiro atoms. The van der Waals surface area contributed by atoms with Gasteiger partial charge in [-0.25, -0.2) is 0 Å². The third kappa shape index (κ3) is 4.66. The predicted molar refractivity (Wildman–Crippen MR) is 80.8 cm³/mol. The number of hydrogen-bond donors (Lipinski definition) is 2. The van der Waals surface area contributed by atoms with E-state index in [2.05, 4.69) is 5.32 Å². The molecule has 0 aliphatic carbocycles. The van der Waals surface area contributed by atoms with Gasteiger partial charge in [0, 0.05) is 17.4 Å². The summed E-state index contributed by atoms with van der Waals surface area (Å²) in [5.41, 5.74) is 6.97. The molecule has 0 fully saturated rings. The summed E-state index contributed by atoms with van der Waals surface area (Å²) in [5.74, 6) is 1.40. The van der Waals surface area contributed by atoms with E-state index >= 15 is 0 Å². The molecule has 1 aromatic rings. The molecule has 4 nitrogen and oxygen atoms in total. The van der Waals surface area contributed by atoms with Crippen molar-refractivity contribution in [2.45, 2.75) is 6.92 Å². The predicted octanol–water partition coefficient (Wildman–Crippen LogP) is 2.64. The summed E-state index contributed by atoms with van der Waals surface area (Å²) in [5, 5.41) is 2.83. The van der Waals surface area contributed by atoms with Crippen LogP contribution in [0.5, 0.6) is 5.75 Å². The van der Waals surface area contributed by atoms with Crippen LogP contribution in [0.3, 0.4) is 0 Å². The Kier molecular flexibility index (Phi) is 7.62. The average Bonchev–Trinajstić information content (AvgIpc) is 2.29. The van der Waals surface area contributed by atoms with E-state index in [0.717, 1.165) is 5.75 Å². The van der Waals surface area contributed by atoms with E-state index in [0.29, 0.717) is 17.1 Å². The normalized spacial score (nSPS) is 11.3. The first-order chi connectivity index (χ1) is 8.08. The van der Waals surface area contributed by atoms with Gasteiger partial charge in [-0.2, -0.15) is 11.8 Å². The maximum absolute atomic E-state index is 11.8. The molecular weight excluding hydrogens is 272 g/mol. The number of carbonyl (C=O) groups excluding carboxylic acids is 1. The van der Waals surface area contributed by atoms with Crippen molar-refractivity contribution in [1.29, 1.82) is 0 Å². The third-order valence-corrected chi connectivity index (χ3v) is 3.19. The van der Waals surface area contributed by atoms with Crippen LogP contribution >= 0.6 is 24.2 Å². The smallest absolute Gasteiger partial charge is 0.228 e. The molecule has 0 saturated heterocycles. The van der Waals surface area contributed by atoms with E-state index in [1.54, 1.807) is 37.1 Å². The van der Waals surface area contributed by atoms with E-state index in [-0.39, 0.29) is 24.2 Å². The fourth-order valence-electron chi connectivity index (χ4n) is 1.40. The van der Waals surface area contributed by atoms with Gasteiger partial charge in [-0.05, 0) is 24.5 Å². The molecule has 1 rings (SSSR count). The highest BCUT2D eigenvalue weighted by atomic mass is 35.5. The highest BCUT2D eigenvalue weighted by Gasteiger charge is 2.12. The Balaban J connectivity index is 0.00000289. The number of amides is 1. The second kappa shape index (κ2) is 8.11. The molecule has 18 heavy (non-hydrogen) atoms. The van der Waals surface area contributed by atoms with Gasteiger partial charge in [-0.15, -0.1) is 12.4 Å². The molecule has 0 radical (unpaired) electrons. The summed E-state index contributed by atoms with van der Waals surface area (Å²) in [4.78, 5) is 11.8. The molecule has 3 N–H and O–H groups in total. The standard InChI is InChI=1S/C12H18N2O2S.ClH/c1-8(7-17-3)12(15)14-9-4-5-11(16-2)10(13)6-9;/h4-6,8H,7,13H2,1-3H3,(H,14,15);1H. The number of carbonyl (C=O) groups is 1. The van der Waals surface area contributed by atoms with E-state index in [1.807, 2.05) is 13.2 Å². The summed E-state index contributed by atoms with van der Waals surface area (Å²) in [7, 11) is 1.56. The minimum atomic E-state index is -0.0201. The number of methoxy groups -OCH3 is 1. The van der Waals surface area contributed by atoms with Crippen LogP contribution in [0.25, 0.3) is 0 Å². The number of nitrogens with two attached hydrogens (primary N) is 1. The van der Waals surface area contributed by atoms with Crippen molar-refractivity contribution in [2.75, 3.05) is 30.2 Å². The summed E-state index contributed by atoms with van der Waals surface area (Å²) >= 11 is 1.65. The van der Waals surface area contributed by atoms with Crippen LogP contribution in [0.2, 0.25) is 0 Å². The lowest BCUT2D eigenvalue weighted by molar-refractivity contribution is -0.118. The van der Waals surface area contributed by atoms with Gasteiger partial charge >= 0.3 is 0 Å². The number of ether oxygens (including phenoxy) is 1. The minimum absolute atomic E-state index is 0. The summed E-state index contributed by atoms with van der Waals surface area (Å²) in [6.45, 7) is 1.90. The van der Waals surface area contributed by atoms with Crippen molar-refractivity contribution < 1.29 is 9.53 Å². The Morgan fingerprint density at radius 3 is 2.72 bits per heavy atom. The molecule has 0 heterocycles. The van der Waals surface area contributed by atoms with Crippen molar-refractivity contribution in [1.82, 2.24) is 0 Å². The first-order valence-electron chi connectivity index (χ1n) is 5.31. The average molecular weight is 291 g/mol. The van der Waals surface area contributed by atoms with Gasteiger partial charge in [0.1, 0.15) is 5.75 Å². The third-order valence-electron chi connectivity index (χ3n) is 2.36. The van der Waals surface area contributed by atoms with Gasteiger partial charge < -0.3 is 15.8 Å². The maximum Gasteiger partial charge on any atom is 0.228 e. The van der Waals surface area contributed by atoms with E-state index < -0.39 is 0 Å². The SMILES string of the molecule is COc1ccc(NC(=O)C(C)CSC)cc1N.Cl. The number of anilines is 2. The molecular formula is C12H19ClN2O2S. The van der Waals surface area contributed by atoms with Gasteiger partial charge in [-0.3, -0.25) is 4.79 Å².